The topological polar surface area (TPSA) is 109 Å². The minimum atomic E-state index is -4.60. The Morgan fingerprint density at radius 1 is 1.29 bits per heavy atom. The molecule has 1 saturated heterocycles. The molecule has 0 saturated carbocycles. The third-order valence-corrected chi connectivity index (χ3v) is 5.51. The van der Waals surface area contributed by atoms with Crippen LogP contribution in [0.25, 0.3) is 5.57 Å². The molecule has 0 aromatic carbocycles. The third-order valence-electron chi connectivity index (χ3n) is 5.51. The molecule has 8 nitrogen and oxygen atoms in total. The smallest absolute Gasteiger partial charge is 0.394 e. The van der Waals surface area contributed by atoms with E-state index in [0.717, 1.165) is 4.90 Å². The highest BCUT2D eigenvalue weighted by molar-refractivity contribution is 6.17. The average molecular weight is 497 g/mol. The first-order valence-corrected chi connectivity index (χ1v) is 10.6. The van der Waals surface area contributed by atoms with Gasteiger partial charge in [0.05, 0.1) is 23.8 Å². The number of nitrogens with zero attached hydrogens (tertiary/aromatic N) is 5. The second-order valence-corrected chi connectivity index (χ2v) is 8.14. The Bertz CT molecular complexity index is 1090. The largest absolute Gasteiger partial charge is 0.419 e. The van der Waals surface area contributed by atoms with Crippen molar-refractivity contribution in [2.75, 3.05) is 25.5 Å². The molecule has 1 amide bonds. The number of piperidine rings is 1. The SMILES string of the molecule is CN=CC(=C(N)C(=O)N1CC(F)(F)CC(C)C1CNc1ncc(C(F)(F)F)cn1)c1ccccn1. The summed E-state index contributed by atoms with van der Waals surface area (Å²) in [7, 11) is 1.47. The number of likely N-dealkylation sites (tertiary alicyclic amines) is 1. The van der Waals surface area contributed by atoms with Gasteiger partial charge < -0.3 is 16.0 Å². The zero-order valence-electron chi connectivity index (χ0n) is 18.9. The van der Waals surface area contributed by atoms with Crippen LogP contribution in [0.15, 0.2) is 47.5 Å². The van der Waals surface area contributed by atoms with Crippen LogP contribution in [-0.2, 0) is 11.0 Å². The summed E-state index contributed by atoms with van der Waals surface area (Å²) in [4.78, 5) is 29.6. The lowest BCUT2D eigenvalue weighted by Crippen LogP contribution is -2.58. The van der Waals surface area contributed by atoms with Crippen LogP contribution >= 0.6 is 0 Å². The van der Waals surface area contributed by atoms with Crippen LogP contribution in [0.2, 0.25) is 0 Å². The molecular formula is C22H24F5N7O. The number of carbonyl (C=O) groups excluding carboxylic acids is 1. The maximum Gasteiger partial charge on any atom is 0.419 e. The maximum absolute atomic E-state index is 14.5. The highest BCUT2D eigenvalue weighted by Crippen LogP contribution is 2.35. The maximum atomic E-state index is 14.5. The first kappa shape index (κ1) is 26.0. The summed E-state index contributed by atoms with van der Waals surface area (Å²) in [6.45, 7) is 0.596. The van der Waals surface area contributed by atoms with E-state index in [2.05, 4.69) is 25.3 Å². The molecule has 0 radical (unpaired) electrons. The van der Waals surface area contributed by atoms with Crippen molar-refractivity contribution in [3.05, 3.63) is 53.7 Å². The fourth-order valence-corrected chi connectivity index (χ4v) is 3.84. The highest BCUT2D eigenvalue weighted by atomic mass is 19.4. The van der Waals surface area contributed by atoms with Gasteiger partial charge in [0.25, 0.3) is 11.8 Å². The molecule has 1 aliphatic rings. The van der Waals surface area contributed by atoms with Crippen molar-refractivity contribution in [1.29, 1.82) is 0 Å². The molecule has 3 heterocycles. The van der Waals surface area contributed by atoms with Gasteiger partial charge in [-0.1, -0.05) is 13.0 Å². The Labute approximate surface area is 198 Å². The van der Waals surface area contributed by atoms with E-state index in [1.54, 1.807) is 25.1 Å². The first-order chi connectivity index (χ1) is 16.4. The summed E-state index contributed by atoms with van der Waals surface area (Å²) in [6.07, 6.45) is -1.04. The van der Waals surface area contributed by atoms with Gasteiger partial charge in [-0.3, -0.25) is 14.8 Å². The monoisotopic (exact) mass is 497 g/mol. The number of hydrogen-bond donors (Lipinski definition) is 2. The van der Waals surface area contributed by atoms with Crippen LogP contribution < -0.4 is 11.1 Å². The van der Waals surface area contributed by atoms with E-state index in [4.69, 9.17) is 5.73 Å². The second-order valence-electron chi connectivity index (χ2n) is 8.14. The summed E-state index contributed by atoms with van der Waals surface area (Å²) in [6, 6.07) is 4.18. The van der Waals surface area contributed by atoms with Gasteiger partial charge in [0.15, 0.2) is 0 Å². The molecule has 0 aliphatic carbocycles. The number of amides is 1. The van der Waals surface area contributed by atoms with Crippen LogP contribution in [0.5, 0.6) is 0 Å². The van der Waals surface area contributed by atoms with Crippen molar-refractivity contribution in [2.24, 2.45) is 16.6 Å². The van der Waals surface area contributed by atoms with E-state index >= 15 is 0 Å². The van der Waals surface area contributed by atoms with Gasteiger partial charge in [0.2, 0.25) is 5.95 Å². The van der Waals surface area contributed by atoms with E-state index in [0.29, 0.717) is 18.1 Å². The molecule has 2 atom stereocenters. The first-order valence-electron chi connectivity index (χ1n) is 10.6. The number of rotatable bonds is 6. The van der Waals surface area contributed by atoms with Crippen molar-refractivity contribution in [3.8, 4) is 0 Å². The predicted molar refractivity (Wildman–Crippen MR) is 120 cm³/mol. The van der Waals surface area contributed by atoms with Gasteiger partial charge in [-0.15, -0.1) is 0 Å². The average Bonchev–Trinajstić information content (AvgIpc) is 2.80. The number of aliphatic imine (C=N–C) groups is 1. The number of hydrogen-bond acceptors (Lipinski definition) is 7. The Morgan fingerprint density at radius 2 is 1.97 bits per heavy atom. The number of anilines is 1. The van der Waals surface area contributed by atoms with Crippen molar-refractivity contribution in [2.45, 2.75) is 31.5 Å². The van der Waals surface area contributed by atoms with Crippen LogP contribution in [0.3, 0.4) is 0 Å². The van der Waals surface area contributed by atoms with E-state index in [-0.39, 0.29) is 23.8 Å². The Hall–Kier alpha value is -3.64. The zero-order chi connectivity index (χ0) is 25.8. The minimum absolute atomic E-state index is 0.0809. The number of carbonyl (C=O) groups is 1. The molecule has 2 aromatic heterocycles. The molecule has 3 rings (SSSR count). The van der Waals surface area contributed by atoms with E-state index in [1.807, 2.05) is 0 Å². The minimum Gasteiger partial charge on any atom is -0.394 e. The number of allylic oxidation sites excluding steroid dienone is 1. The third kappa shape index (κ3) is 6.28. The number of pyridine rings is 1. The molecule has 188 valence electrons. The Morgan fingerprint density at radius 3 is 2.54 bits per heavy atom. The molecule has 35 heavy (non-hydrogen) atoms. The number of halogens is 5. The lowest BCUT2D eigenvalue weighted by Gasteiger charge is -2.43. The summed E-state index contributed by atoms with van der Waals surface area (Å²) in [5.41, 5.74) is 5.32. The fraction of sp³-hybridized carbons (Fsp3) is 0.409. The molecular weight excluding hydrogens is 473 g/mol. The summed E-state index contributed by atoms with van der Waals surface area (Å²) in [5, 5.41) is 2.74. The van der Waals surface area contributed by atoms with Crippen LogP contribution in [0.4, 0.5) is 27.9 Å². The van der Waals surface area contributed by atoms with Gasteiger partial charge in [0, 0.05) is 50.4 Å². The van der Waals surface area contributed by atoms with Gasteiger partial charge in [0.1, 0.15) is 5.70 Å². The lowest BCUT2D eigenvalue weighted by atomic mass is 9.88. The number of nitrogens with two attached hydrogens (primary N) is 1. The predicted octanol–water partition coefficient (Wildman–Crippen LogP) is 3.25. The fourth-order valence-electron chi connectivity index (χ4n) is 3.84. The lowest BCUT2D eigenvalue weighted by molar-refractivity contribution is -0.148. The van der Waals surface area contributed by atoms with Crippen molar-refractivity contribution >= 4 is 23.6 Å². The molecule has 0 bridgehead atoms. The van der Waals surface area contributed by atoms with Crippen LogP contribution in [0.1, 0.15) is 24.6 Å². The van der Waals surface area contributed by atoms with Gasteiger partial charge in [-0.2, -0.15) is 13.2 Å². The molecule has 2 unspecified atom stereocenters. The second kappa shape index (κ2) is 10.3. The van der Waals surface area contributed by atoms with Crippen molar-refractivity contribution in [3.63, 3.8) is 0 Å². The van der Waals surface area contributed by atoms with E-state index in [9.17, 15) is 26.7 Å². The van der Waals surface area contributed by atoms with E-state index < -0.39 is 48.5 Å². The number of aromatic nitrogens is 3. The van der Waals surface area contributed by atoms with Crippen LogP contribution in [-0.4, -0.2) is 64.1 Å². The van der Waals surface area contributed by atoms with Crippen molar-refractivity contribution < 1.29 is 26.7 Å². The molecule has 0 spiro atoms. The van der Waals surface area contributed by atoms with Gasteiger partial charge >= 0.3 is 6.18 Å². The van der Waals surface area contributed by atoms with Crippen LogP contribution in [0, 0.1) is 5.92 Å². The molecule has 1 aliphatic heterocycles. The summed E-state index contributed by atoms with van der Waals surface area (Å²) < 4.78 is 67.1. The normalized spacial score (nSPS) is 21.1. The molecule has 1 fully saturated rings. The van der Waals surface area contributed by atoms with Gasteiger partial charge in [-0.25, -0.2) is 18.7 Å². The van der Waals surface area contributed by atoms with Gasteiger partial charge in [-0.05, 0) is 18.1 Å². The molecule has 2 aromatic rings. The molecule has 13 heteroatoms. The number of alkyl halides is 5. The Balaban J connectivity index is 1.88. The van der Waals surface area contributed by atoms with Crippen molar-refractivity contribution in [1.82, 2.24) is 19.9 Å². The standard InChI is InChI=1S/C22H24F5N7O/c1-13-7-21(23,24)12-34(17(13)11-33-20-31-8-14(9-32-20)22(25,26)27)19(35)18(28)15(10-29-2)16-5-3-4-6-30-16/h3-6,8-10,13,17H,7,11-12,28H2,1-2H3,(H,31,32,33). The Kier molecular flexibility index (Phi) is 7.66. The zero-order valence-corrected chi connectivity index (χ0v) is 18.9. The summed E-state index contributed by atoms with van der Waals surface area (Å²) >= 11 is 0. The number of nitrogens with one attached hydrogen (secondary N) is 1. The highest BCUT2D eigenvalue weighted by Gasteiger charge is 2.46. The summed E-state index contributed by atoms with van der Waals surface area (Å²) in [5.74, 6) is -4.79. The van der Waals surface area contributed by atoms with E-state index in [1.165, 1.54) is 19.5 Å². The molecule has 3 N–H and O–H groups in total. The quantitative estimate of drug-likeness (QED) is 0.360.